The van der Waals surface area contributed by atoms with E-state index < -0.39 is 4.92 Å². The molecule has 0 aliphatic carbocycles. The van der Waals surface area contributed by atoms with Gasteiger partial charge in [-0.3, -0.25) is 19.7 Å². The van der Waals surface area contributed by atoms with E-state index in [1.807, 2.05) is 0 Å². The molecule has 0 heterocycles. The Balaban J connectivity index is 2.57. The molecule has 2 amide bonds. The summed E-state index contributed by atoms with van der Waals surface area (Å²) in [5.41, 5.74) is 0.685. The zero-order valence-corrected chi connectivity index (χ0v) is 13.7. The molecule has 0 aromatic heterocycles. The predicted molar refractivity (Wildman–Crippen MR) is 84.3 cm³/mol. The van der Waals surface area contributed by atoms with Gasteiger partial charge in [-0.05, 0) is 18.6 Å². The van der Waals surface area contributed by atoms with E-state index in [0.717, 1.165) is 5.56 Å². The van der Waals surface area contributed by atoms with Gasteiger partial charge in [0.1, 0.15) is 0 Å². The molecular weight excluding hydrogens is 302 g/mol. The molecule has 23 heavy (non-hydrogen) atoms. The molecule has 0 saturated carbocycles. The van der Waals surface area contributed by atoms with Crippen molar-refractivity contribution < 1.29 is 19.2 Å². The third kappa shape index (κ3) is 5.57. The van der Waals surface area contributed by atoms with E-state index in [1.165, 1.54) is 22.9 Å². The average Bonchev–Trinajstić information content (AvgIpc) is 2.46. The number of rotatable bonds is 7. The van der Waals surface area contributed by atoms with Crippen LogP contribution in [0.4, 0.5) is 5.69 Å². The van der Waals surface area contributed by atoms with Gasteiger partial charge in [-0.15, -0.1) is 0 Å². The monoisotopic (exact) mass is 323 g/mol. The summed E-state index contributed by atoms with van der Waals surface area (Å²) in [5, 5.41) is 10.9. The Hall–Kier alpha value is -2.64. The van der Waals surface area contributed by atoms with Gasteiger partial charge in [0.25, 0.3) is 0 Å². The molecule has 0 bridgehead atoms. The number of hydrogen-bond donors (Lipinski definition) is 0. The number of benzene rings is 1. The van der Waals surface area contributed by atoms with Crippen LogP contribution in [0.25, 0.3) is 0 Å². The first-order valence-electron chi connectivity index (χ1n) is 7.04. The summed E-state index contributed by atoms with van der Waals surface area (Å²) in [6.45, 7) is 1.78. The lowest BCUT2D eigenvalue weighted by molar-refractivity contribution is -0.385. The minimum absolute atomic E-state index is 0.00359. The molecule has 0 aliphatic heterocycles. The molecular formula is C15H21N3O5. The molecule has 1 aromatic rings. The van der Waals surface area contributed by atoms with Gasteiger partial charge in [-0.1, -0.05) is 6.07 Å². The highest BCUT2D eigenvalue weighted by molar-refractivity contribution is 5.84. The van der Waals surface area contributed by atoms with Crippen LogP contribution in [0.5, 0.6) is 5.75 Å². The maximum Gasteiger partial charge on any atom is 0.310 e. The quantitative estimate of drug-likeness (QED) is 0.555. The third-order valence-corrected chi connectivity index (χ3v) is 3.18. The normalized spacial score (nSPS) is 10.1. The molecule has 1 rings (SSSR count). The van der Waals surface area contributed by atoms with E-state index in [4.69, 9.17) is 4.74 Å². The number of carbonyl (C=O) groups excluding carboxylic acids is 2. The van der Waals surface area contributed by atoms with E-state index in [-0.39, 0.29) is 42.8 Å². The lowest BCUT2D eigenvalue weighted by Gasteiger charge is -2.19. The number of amides is 2. The van der Waals surface area contributed by atoms with Gasteiger partial charge < -0.3 is 14.5 Å². The maximum absolute atomic E-state index is 11.9. The first-order valence-corrected chi connectivity index (χ1v) is 7.04. The second-order valence-corrected chi connectivity index (χ2v) is 5.36. The minimum atomic E-state index is -0.529. The largest absolute Gasteiger partial charge is 0.486 e. The topological polar surface area (TPSA) is 93.0 Å². The van der Waals surface area contributed by atoms with Crippen LogP contribution < -0.4 is 4.74 Å². The molecule has 0 saturated heterocycles. The van der Waals surface area contributed by atoms with Crippen molar-refractivity contribution in [3.8, 4) is 5.75 Å². The van der Waals surface area contributed by atoms with Gasteiger partial charge in [-0.25, -0.2) is 0 Å². The molecule has 0 spiro atoms. The van der Waals surface area contributed by atoms with E-state index >= 15 is 0 Å². The Morgan fingerprint density at radius 3 is 2.43 bits per heavy atom. The molecule has 8 nitrogen and oxygen atoms in total. The van der Waals surface area contributed by atoms with Gasteiger partial charge in [-0.2, -0.15) is 0 Å². The first kappa shape index (κ1) is 18.4. The first-order chi connectivity index (χ1) is 10.7. The van der Waals surface area contributed by atoms with Crippen molar-refractivity contribution in [3.63, 3.8) is 0 Å². The molecule has 0 N–H and O–H groups in total. The van der Waals surface area contributed by atoms with Crippen LogP contribution in [-0.4, -0.2) is 60.8 Å². The van der Waals surface area contributed by atoms with Gasteiger partial charge in [0.2, 0.25) is 11.8 Å². The number of likely N-dealkylation sites (N-methyl/N-ethyl adjacent to an activating group) is 2. The Bertz CT molecular complexity index is 601. The van der Waals surface area contributed by atoms with Gasteiger partial charge in [0.05, 0.1) is 24.5 Å². The lowest BCUT2D eigenvalue weighted by Crippen LogP contribution is -2.38. The minimum Gasteiger partial charge on any atom is -0.486 e. The Labute approximate surface area is 134 Å². The summed E-state index contributed by atoms with van der Waals surface area (Å²) in [5.74, 6) is -0.318. The molecule has 0 atom stereocenters. The van der Waals surface area contributed by atoms with Crippen LogP contribution in [0.3, 0.4) is 0 Å². The van der Waals surface area contributed by atoms with Crippen molar-refractivity contribution in [2.45, 2.75) is 13.3 Å². The smallest absolute Gasteiger partial charge is 0.310 e. The number of nitro groups is 1. The third-order valence-electron chi connectivity index (χ3n) is 3.18. The van der Waals surface area contributed by atoms with Crippen LogP contribution in [0.2, 0.25) is 0 Å². The molecule has 8 heteroatoms. The van der Waals surface area contributed by atoms with E-state index in [9.17, 15) is 19.7 Å². The van der Waals surface area contributed by atoms with Crippen molar-refractivity contribution in [1.82, 2.24) is 9.80 Å². The molecule has 0 radical (unpaired) electrons. The average molecular weight is 323 g/mol. The fourth-order valence-corrected chi connectivity index (χ4v) is 1.76. The Kier molecular flexibility index (Phi) is 6.49. The summed E-state index contributed by atoms with van der Waals surface area (Å²) in [6, 6.07) is 4.55. The van der Waals surface area contributed by atoms with Gasteiger partial charge >= 0.3 is 5.69 Å². The van der Waals surface area contributed by atoms with Crippen LogP contribution in [0.1, 0.15) is 12.0 Å². The number of nitro benzene ring substituents is 1. The Morgan fingerprint density at radius 1 is 1.22 bits per heavy atom. The summed E-state index contributed by atoms with van der Waals surface area (Å²) in [7, 11) is 4.75. The molecule has 0 fully saturated rings. The van der Waals surface area contributed by atoms with Crippen LogP contribution >= 0.6 is 0 Å². The summed E-state index contributed by atoms with van der Waals surface area (Å²) in [4.78, 5) is 36.6. The number of carbonyl (C=O) groups is 2. The number of aryl methyl sites for hydroxylation is 1. The molecule has 126 valence electrons. The SMILES string of the molecule is Cc1ccc([N+](=O)[O-])c(OCCC(=O)N(C)CC(=O)N(C)C)c1. The summed E-state index contributed by atoms with van der Waals surface area (Å²) < 4.78 is 5.37. The zero-order valence-electron chi connectivity index (χ0n) is 13.7. The summed E-state index contributed by atoms with van der Waals surface area (Å²) in [6.07, 6.45) is 0.0301. The molecule has 1 aromatic carbocycles. The standard InChI is InChI=1S/C15H21N3O5/c1-11-5-6-12(18(21)22)13(9-11)23-8-7-14(19)17(4)10-15(20)16(2)3/h5-6,9H,7-8,10H2,1-4H3. The fraction of sp³-hybridized carbons (Fsp3) is 0.467. The lowest BCUT2D eigenvalue weighted by atomic mass is 10.2. The second-order valence-electron chi connectivity index (χ2n) is 5.36. The van der Waals surface area contributed by atoms with Crippen molar-refractivity contribution in [2.75, 3.05) is 34.3 Å². The van der Waals surface area contributed by atoms with Crippen LogP contribution in [-0.2, 0) is 9.59 Å². The van der Waals surface area contributed by atoms with Crippen molar-refractivity contribution in [3.05, 3.63) is 33.9 Å². The van der Waals surface area contributed by atoms with Crippen molar-refractivity contribution in [2.24, 2.45) is 0 Å². The van der Waals surface area contributed by atoms with E-state index in [0.29, 0.717) is 0 Å². The maximum atomic E-state index is 11.9. The molecule has 0 unspecified atom stereocenters. The van der Waals surface area contributed by atoms with Gasteiger partial charge in [0, 0.05) is 27.2 Å². The number of ether oxygens (including phenoxy) is 1. The number of nitrogens with zero attached hydrogens (tertiary/aromatic N) is 3. The number of hydrogen-bond acceptors (Lipinski definition) is 5. The van der Waals surface area contributed by atoms with Crippen LogP contribution in [0, 0.1) is 17.0 Å². The second kappa shape index (κ2) is 8.11. The van der Waals surface area contributed by atoms with E-state index in [2.05, 4.69) is 0 Å². The van der Waals surface area contributed by atoms with Crippen LogP contribution in [0.15, 0.2) is 18.2 Å². The zero-order chi connectivity index (χ0) is 17.6. The Morgan fingerprint density at radius 2 is 1.87 bits per heavy atom. The highest BCUT2D eigenvalue weighted by Gasteiger charge is 2.17. The van der Waals surface area contributed by atoms with Gasteiger partial charge in [0.15, 0.2) is 5.75 Å². The van der Waals surface area contributed by atoms with E-state index in [1.54, 1.807) is 33.2 Å². The highest BCUT2D eigenvalue weighted by Crippen LogP contribution is 2.27. The van der Waals surface area contributed by atoms with Crippen molar-refractivity contribution in [1.29, 1.82) is 0 Å². The summed E-state index contributed by atoms with van der Waals surface area (Å²) >= 11 is 0. The fourth-order valence-electron chi connectivity index (χ4n) is 1.76. The highest BCUT2D eigenvalue weighted by atomic mass is 16.6. The van der Waals surface area contributed by atoms with Crippen molar-refractivity contribution >= 4 is 17.5 Å². The molecule has 0 aliphatic rings. The predicted octanol–water partition coefficient (Wildman–Crippen LogP) is 1.22.